The monoisotopic (exact) mass is 1280 g/mol. The predicted molar refractivity (Wildman–Crippen MR) is 392 cm³/mol. The SMILES string of the molecule is CCCCCCCCCCCCCCCCCCCCCCCCC#CCCc1ccccc1C1=C(CCCCC)C=C(c2cccc(CCCCCCCCCCCCCCCCCCCCCCC)c2)[N+]1=[N-].c1ccc(C[O][Ni][O]Cc2ccccc2)cc1. The Bertz CT molecular complexity index is 2410. The van der Waals surface area contributed by atoms with Crippen molar-refractivity contribution in [3.8, 4) is 11.8 Å². The zero-order valence-electron chi connectivity index (χ0n) is 59.0. The van der Waals surface area contributed by atoms with E-state index in [9.17, 15) is 5.53 Å². The summed E-state index contributed by atoms with van der Waals surface area (Å²) in [6, 6.07) is 37.8. The van der Waals surface area contributed by atoms with E-state index in [2.05, 4.69) is 87.2 Å². The summed E-state index contributed by atoms with van der Waals surface area (Å²) in [6.07, 6.45) is 71.9. The molecule has 0 radical (unpaired) electrons. The van der Waals surface area contributed by atoms with Gasteiger partial charge >= 0.3 is 108 Å². The van der Waals surface area contributed by atoms with Crippen molar-refractivity contribution in [3.63, 3.8) is 0 Å². The van der Waals surface area contributed by atoms with Crippen molar-refractivity contribution in [1.82, 2.24) is 0 Å². The van der Waals surface area contributed by atoms with Crippen LogP contribution in [-0.2, 0) is 48.9 Å². The van der Waals surface area contributed by atoms with Crippen LogP contribution in [0.5, 0.6) is 0 Å². The molecule has 5 rings (SSSR count). The topological polar surface area (TPSA) is 43.8 Å². The van der Waals surface area contributed by atoms with Gasteiger partial charge in [-0.15, -0.1) is 11.8 Å². The van der Waals surface area contributed by atoms with Crippen LogP contribution in [0.15, 0.2) is 121 Å². The minimum atomic E-state index is 0.565. The van der Waals surface area contributed by atoms with E-state index < -0.39 is 0 Å². The molecule has 0 amide bonds. The summed E-state index contributed by atoms with van der Waals surface area (Å²) in [6.45, 7) is 8.02. The molecular formula is C86H134N2NiO2. The number of unbranched alkanes of at least 4 members (excludes halogenated alkanes) is 44. The number of benzene rings is 4. The van der Waals surface area contributed by atoms with E-state index in [1.807, 2.05) is 60.7 Å². The van der Waals surface area contributed by atoms with Crippen LogP contribution in [0.2, 0.25) is 0 Å². The fourth-order valence-electron chi connectivity index (χ4n) is 12.9. The molecule has 0 aliphatic carbocycles. The molecule has 0 spiro atoms. The first-order valence-corrected chi connectivity index (χ1v) is 39.4. The third-order valence-electron chi connectivity index (χ3n) is 18.7. The molecule has 0 fully saturated rings. The van der Waals surface area contributed by atoms with Crippen molar-refractivity contribution in [3.05, 3.63) is 160 Å². The molecular weight excluding hydrogens is 1150 g/mol. The summed E-state index contributed by atoms with van der Waals surface area (Å²) in [5, 5.41) is 0. The third-order valence-corrected chi connectivity index (χ3v) is 19.2. The number of aryl methyl sites for hydroxylation is 2. The molecule has 0 saturated heterocycles. The van der Waals surface area contributed by atoms with Crippen molar-refractivity contribution in [2.75, 3.05) is 0 Å². The first-order valence-electron chi connectivity index (χ1n) is 38.6. The molecule has 0 N–H and O–H groups in total. The van der Waals surface area contributed by atoms with Gasteiger partial charge < -0.3 is 5.53 Å². The van der Waals surface area contributed by atoms with Gasteiger partial charge in [-0.25, -0.2) is 4.70 Å². The summed E-state index contributed by atoms with van der Waals surface area (Å²) in [4.78, 5) is 0. The van der Waals surface area contributed by atoms with E-state index >= 15 is 0 Å². The molecule has 0 atom stereocenters. The Kier molecular flexibility index (Phi) is 51.0. The summed E-state index contributed by atoms with van der Waals surface area (Å²) in [5.74, 6) is 7.03. The first-order chi connectivity index (χ1) is 45.1. The average Bonchev–Trinajstić information content (AvgIpc) is 1.70. The van der Waals surface area contributed by atoms with Gasteiger partial charge in [0, 0.05) is 35.6 Å². The summed E-state index contributed by atoms with van der Waals surface area (Å²) >= 11 is 0.863. The Hall–Kier alpha value is -4.07. The second-order valence-electron chi connectivity index (χ2n) is 26.9. The Morgan fingerprint density at radius 1 is 0.341 bits per heavy atom. The van der Waals surface area contributed by atoms with Crippen molar-refractivity contribution in [1.29, 1.82) is 0 Å². The minimum absolute atomic E-state index is 0.565. The van der Waals surface area contributed by atoms with Gasteiger partial charge in [0.15, 0.2) is 0 Å². The van der Waals surface area contributed by atoms with Gasteiger partial charge in [0.25, 0.3) is 0 Å². The zero-order chi connectivity index (χ0) is 64.2. The van der Waals surface area contributed by atoms with Crippen molar-refractivity contribution < 1.29 is 27.5 Å². The van der Waals surface area contributed by atoms with E-state index in [-0.39, 0.29) is 0 Å². The quantitative estimate of drug-likeness (QED) is 0.0191. The Labute approximate surface area is 568 Å². The first kappa shape index (κ1) is 79.4. The number of hydrogen-bond donors (Lipinski definition) is 0. The van der Waals surface area contributed by atoms with E-state index in [0.29, 0.717) is 13.2 Å². The molecule has 0 bridgehead atoms. The van der Waals surface area contributed by atoms with Gasteiger partial charge in [0.05, 0.1) is 0 Å². The summed E-state index contributed by atoms with van der Waals surface area (Å²) in [7, 11) is 0. The van der Waals surface area contributed by atoms with Crippen LogP contribution < -0.4 is 0 Å². The number of rotatable bonds is 58. The van der Waals surface area contributed by atoms with E-state index in [0.717, 1.165) is 87.3 Å². The molecule has 91 heavy (non-hydrogen) atoms. The van der Waals surface area contributed by atoms with Crippen LogP contribution >= 0.6 is 0 Å². The molecule has 4 aromatic carbocycles. The normalized spacial score (nSPS) is 12.2. The molecule has 5 heteroatoms. The summed E-state index contributed by atoms with van der Waals surface area (Å²) < 4.78 is 12.2. The van der Waals surface area contributed by atoms with Crippen LogP contribution in [0.4, 0.5) is 0 Å². The zero-order valence-corrected chi connectivity index (χ0v) is 60.0. The van der Waals surface area contributed by atoms with Gasteiger partial charge in [-0.05, 0) is 67.9 Å². The van der Waals surface area contributed by atoms with Crippen LogP contribution in [0.3, 0.4) is 0 Å². The Morgan fingerprint density at radius 3 is 1.13 bits per heavy atom. The summed E-state index contributed by atoms with van der Waals surface area (Å²) in [5.41, 5.74) is 22.4. The van der Waals surface area contributed by atoms with E-state index in [4.69, 9.17) is 7.76 Å². The molecule has 1 aliphatic heterocycles. The number of allylic oxidation sites excluding steroid dienone is 2. The molecule has 4 nitrogen and oxygen atoms in total. The van der Waals surface area contributed by atoms with Crippen LogP contribution in [-0.4, -0.2) is 4.70 Å². The molecule has 0 saturated carbocycles. The number of nitrogens with zero attached hydrogens (tertiary/aromatic N) is 2. The Morgan fingerprint density at radius 2 is 0.692 bits per heavy atom. The van der Waals surface area contributed by atoms with Crippen molar-refractivity contribution in [2.45, 2.75) is 361 Å². The van der Waals surface area contributed by atoms with Crippen LogP contribution in [0, 0.1) is 11.8 Å². The second kappa shape index (κ2) is 58.5. The maximum absolute atomic E-state index is 12.0. The van der Waals surface area contributed by atoms with Crippen LogP contribution in [0.25, 0.3) is 16.9 Å². The van der Waals surface area contributed by atoms with Gasteiger partial charge in [-0.1, -0.05) is 327 Å². The van der Waals surface area contributed by atoms with E-state index in [1.165, 1.54) is 310 Å². The van der Waals surface area contributed by atoms with Gasteiger partial charge in [0.1, 0.15) is 0 Å². The van der Waals surface area contributed by atoms with Crippen LogP contribution in [0.1, 0.15) is 369 Å². The molecule has 510 valence electrons. The molecule has 0 aromatic heterocycles. The van der Waals surface area contributed by atoms with Gasteiger partial charge in [-0.3, -0.25) is 0 Å². The third kappa shape index (κ3) is 41.4. The van der Waals surface area contributed by atoms with Crippen molar-refractivity contribution >= 4 is 11.4 Å². The molecule has 1 aliphatic rings. The standard InChI is InChI=1S/C72H120N2.2C7H7O.Ni/c1-4-7-10-12-14-16-18-20-22-24-26-28-29-30-31-32-34-36-38-40-42-44-46-48-50-53-59-67-60-54-55-63-70(67)72-69(61-51-9-6-3)65-71(74(72)73)68-62-56-58-66(64-68)57-52-49-47-45-43-41-39-37-35-33-27-25-23-21-19-17-15-13-11-8-5-2;2*8-6-7-4-2-1-3-5-7;/h54-56,58,60,62-65H,4-47,49,51-53,57,59,61H2,1-3H3;2*1-5H,6H2;/q;2*-1;+2. The molecule has 4 aromatic rings. The van der Waals surface area contributed by atoms with Gasteiger partial charge in [0.2, 0.25) is 11.4 Å². The molecule has 1 heterocycles. The molecule has 0 unspecified atom stereocenters. The van der Waals surface area contributed by atoms with Crippen molar-refractivity contribution in [2.24, 2.45) is 0 Å². The Balaban J connectivity index is 0.000000886. The second-order valence-corrected chi connectivity index (χ2v) is 27.6. The fraction of sp³-hybridized carbons (Fsp3) is 0.651. The predicted octanol–water partition coefficient (Wildman–Crippen LogP) is 28.1. The van der Waals surface area contributed by atoms with E-state index in [1.54, 1.807) is 0 Å². The van der Waals surface area contributed by atoms with Gasteiger partial charge in [-0.2, -0.15) is 0 Å². The number of hydrogen-bond acceptors (Lipinski definition) is 2. The maximum atomic E-state index is 12.0. The average molecular weight is 1290 g/mol. The fourth-order valence-corrected chi connectivity index (χ4v) is 13.5.